The Hall–Kier alpha value is -0.120. The van der Waals surface area contributed by atoms with Gasteiger partial charge in [-0.15, -0.1) is 0 Å². The number of nitrogens with one attached hydrogen (secondary N) is 1. The highest BCUT2D eigenvalue weighted by Crippen LogP contribution is 2.30. The lowest BCUT2D eigenvalue weighted by molar-refractivity contribution is 0.124. The smallest absolute Gasteiger partial charge is 0.0591 e. The van der Waals surface area contributed by atoms with E-state index in [4.69, 9.17) is 4.74 Å². The van der Waals surface area contributed by atoms with Gasteiger partial charge in [-0.25, -0.2) is 0 Å². The van der Waals surface area contributed by atoms with Gasteiger partial charge in [-0.1, -0.05) is 0 Å². The summed E-state index contributed by atoms with van der Waals surface area (Å²) in [4.78, 5) is 2.66. The lowest BCUT2D eigenvalue weighted by atomic mass is 10.3. The van der Waals surface area contributed by atoms with Gasteiger partial charge in [-0.05, 0) is 38.0 Å². The van der Waals surface area contributed by atoms with Crippen molar-refractivity contribution in [3.63, 3.8) is 0 Å². The molecule has 2 aliphatic carbocycles. The van der Waals surface area contributed by atoms with Gasteiger partial charge in [-0.2, -0.15) is 0 Å². The van der Waals surface area contributed by atoms with E-state index in [1.165, 1.54) is 45.2 Å². The molecule has 3 nitrogen and oxygen atoms in total. The maximum atomic E-state index is 5.63. The molecule has 92 valence electrons. The van der Waals surface area contributed by atoms with Crippen LogP contribution in [0.25, 0.3) is 0 Å². The van der Waals surface area contributed by atoms with E-state index in [0.29, 0.717) is 0 Å². The molecule has 3 rings (SSSR count). The molecule has 0 amide bonds. The molecule has 0 aromatic heterocycles. The van der Waals surface area contributed by atoms with Crippen molar-refractivity contribution in [2.75, 3.05) is 32.8 Å². The summed E-state index contributed by atoms with van der Waals surface area (Å²) in [5, 5.41) is 3.62. The Morgan fingerprint density at radius 2 is 2.00 bits per heavy atom. The van der Waals surface area contributed by atoms with Crippen LogP contribution in [-0.4, -0.2) is 49.8 Å². The van der Waals surface area contributed by atoms with Crippen LogP contribution in [0.1, 0.15) is 32.1 Å². The minimum absolute atomic E-state index is 0.727. The van der Waals surface area contributed by atoms with E-state index in [1.807, 2.05) is 0 Å². The summed E-state index contributed by atoms with van der Waals surface area (Å²) in [5.74, 6) is 0.900. The molecule has 2 saturated carbocycles. The van der Waals surface area contributed by atoms with Gasteiger partial charge in [-0.3, -0.25) is 4.90 Å². The Bertz CT molecular complexity index is 226. The zero-order valence-electron chi connectivity index (χ0n) is 10.2. The van der Waals surface area contributed by atoms with Crippen LogP contribution in [-0.2, 0) is 4.74 Å². The second-order valence-electron chi connectivity index (χ2n) is 5.68. The van der Waals surface area contributed by atoms with Crippen molar-refractivity contribution >= 4 is 0 Å². The monoisotopic (exact) mass is 224 g/mol. The zero-order valence-corrected chi connectivity index (χ0v) is 10.2. The SMILES string of the molecule is C(COCC1CC1)NC1CCN(C2CC2)C1. The van der Waals surface area contributed by atoms with Crippen LogP contribution in [0, 0.1) is 5.92 Å². The van der Waals surface area contributed by atoms with E-state index in [0.717, 1.165) is 37.8 Å². The predicted octanol–water partition coefficient (Wildman–Crippen LogP) is 1.24. The fraction of sp³-hybridized carbons (Fsp3) is 1.00. The highest BCUT2D eigenvalue weighted by atomic mass is 16.5. The van der Waals surface area contributed by atoms with Gasteiger partial charge in [0.15, 0.2) is 0 Å². The van der Waals surface area contributed by atoms with Gasteiger partial charge in [0.2, 0.25) is 0 Å². The van der Waals surface area contributed by atoms with Gasteiger partial charge in [0, 0.05) is 38.3 Å². The van der Waals surface area contributed by atoms with Crippen molar-refractivity contribution in [1.82, 2.24) is 10.2 Å². The molecule has 0 radical (unpaired) electrons. The molecule has 1 unspecified atom stereocenters. The van der Waals surface area contributed by atoms with Crippen molar-refractivity contribution < 1.29 is 4.74 Å². The molecule has 1 N–H and O–H groups in total. The maximum Gasteiger partial charge on any atom is 0.0591 e. The predicted molar refractivity (Wildman–Crippen MR) is 64.5 cm³/mol. The van der Waals surface area contributed by atoms with Crippen molar-refractivity contribution in [2.24, 2.45) is 5.92 Å². The second-order valence-corrected chi connectivity index (χ2v) is 5.68. The zero-order chi connectivity index (χ0) is 10.8. The Labute approximate surface area is 98.5 Å². The van der Waals surface area contributed by atoms with E-state index in [1.54, 1.807) is 0 Å². The van der Waals surface area contributed by atoms with Crippen LogP contribution in [0.4, 0.5) is 0 Å². The van der Waals surface area contributed by atoms with E-state index in [2.05, 4.69) is 10.2 Å². The fourth-order valence-electron chi connectivity index (χ4n) is 2.59. The third-order valence-corrected chi connectivity index (χ3v) is 4.01. The average molecular weight is 224 g/mol. The summed E-state index contributed by atoms with van der Waals surface area (Å²) < 4.78 is 5.63. The molecule has 1 atom stereocenters. The van der Waals surface area contributed by atoms with E-state index < -0.39 is 0 Å². The molecule has 3 heteroatoms. The van der Waals surface area contributed by atoms with Crippen molar-refractivity contribution in [1.29, 1.82) is 0 Å². The second kappa shape index (κ2) is 5.03. The molecule has 16 heavy (non-hydrogen) atoms. The normalized spacial score (nSPS) is 31.1. The number of rotatable bonds is 7. The Morgan fingerprint density at radius 3 is 2.75 bits per heavy atom. The quantitative estimate of drug-likeness (QED) is 0.659. The molecule has 0 spiro atoms. The lowest BCUT2D eigenvalue weighted by Crippen LogP contribution is -2.35. The van der Waals surface area contributed by atoms with Crippen LogP contribution < -0.4 is 5.32 Å². The van der Waals surface area contributed by atoms with Crippen LogP contribution in [0.15, 0.2) is 0 Å². The molecule has 1 saturated heterocycles. The van der Waals surface area contributed by atoms with Crippen LogP contribution >= 0.6 is 0 Å². The fourth-order valence-corrected chi connectivity index (χ4v) is 2.59. The molecular weight excluding hydrogens is 200 g/mol. The molecule has 0 bridgehead atoms. The molecule has 1 aliphatic heterocycles. The molecule has 3 fully saturated rings. The number of nitrogens with zero attached hydrogens (tertiary/aromatic N) is 1. The molecular formula is C13H24N2O. The first-order valence-corrected chi connectivity index (χ1v) is 6.97. The van der Waals surface area contributed by atoms with E-state index in [9.17, 15) is 0 Å². The molecule has 0 aromatic carbocycles. The van der Waals surface area contributed by atoms with Crippen molar-refractivity contribution in [3.8, 4) is 0 Å². The van der Waals surface area contributed by atoms with Crippen LogP contribution in [0.5, 0.6) is 0 Å². The minimum atomic E-state index is 0.727. The Kier molecular flexibility index (Phi) is 3.46. The largest absolute Gasteiger partial charge is 0.380 e. The summed E-state index contributed by atoms with van der Waals surface area (Å²) in [5.41, 5.74) is 0. The standard InChI is InChI=1S/C13H24N2O/c1-2-11(1)10-16-8-6-14-12-5-7-15(9-12)13-3-4-13/h11-14H,1-10H2. The topological polar surface area (TPSA) is 24.5 Å². The Morgan fingerprint density at radius 1 is 1.12 bits per heavy atom. The number of likely N-dealkylation sites (tertiary alicyclic amines) is 1. The average Bonchev–Trinajstić information content (AvgIpc) is 3.19. The van der Waals surface area contributed by atoms with Crippen LogP contribution in [0.2, 0.25) is 0 Å². The van der Waals surface area contributed by atoms with E-state index >= 15 is 0 Å². The number of hydrogen-bond donors (Lipinski definition) is 1. The summed E-state index contributed by atoms with van der Waals surface area (Å²) in [6.45, 7) is 5.52. The van der Waals surface area contributed by atoms with Gasteiger partial charge >= 0.3 is 0 Å². The van der Waals surface area contributed by atoms with Gasteiger partial charge in [0.05, 0.1) is 6.61 Å². The number of hydrogen-bond acceptors (Lipinski definition) is 3. The van der Waals surface area contributed by atoms with Crippen molar-refractivity contribution in [3.05, 3.63) is 0 Å². The van der Waals surface area contributed by atoms with Gasteiger partial charge < -0.3 is 10.1 Å². The first kappa shape index (κ1) is 11.0. The first-order valence-electron chi connectivity index (χ1n) is 6.97. The molecule has 0 aromatic rings. The summed E-state index contributed by atoms with van der Waals surface area (Å²) >= 11 is 0. The van der Waals surface area contributed by atoms with Crippen molar-refractivity contribution in [2.45, 2.75) is 44.2 Å². The first-order chi connectivity index (χ1) is 7.92. The summed E-state index contributed by atoms with van der Waals surface area (Å²) in [6.07, 6.45) is 7.01. The third kappa shape index (κ3) is 3.19. The Balaban J connectivity index is 1.22. The number of ether oxygens (including phenoxy) is 1. The molecule has 1 heterocycles. The van der Waals surface area contributed by atoms with Gasteiger partial charge in [0.1, 0.15) is 0 Å². The lowest BCUT2D eigenvalue weighted by Gasteiger charge is -2.15. The maximum absolute atomic E-state index is 5.63. The highest BCUT2D eigenvalue weighted by molar-refractivity contribution is 4.91. The molecule has 3 aliphatic rings. The van der Waals surface area contributed by atoms with Crippen LogP contribution in [0.3, 0.4) is 0 Å². The highest BCUT2D eigenvalue weighted by Gasteiger charge is 2.33. The summed E-state index contributed by atoms with van der Waals surface area (Å²) in [6, 6.07) is 1.67. The van der Waals surface area contributed by atoms with Gasteiger partial charge in [0.25, 0.3) is 0 Å². The van der Waals surface area contributed by atoms with E-state index in [-0.39, 0.29) is 0 Å². The third-order valence-electron chi connectivity index (χ3n) is 4.01. The summed E-state index contributed by atoms with van der Waals surface area (Å²) in [7, 11) is 0. The minimum Gasteiger partial charge on any atom is -0.380 e.